The Kier molecular flexibility index (Phi) is 4.86. The van der Waals surface area contributed by atoms with Crippen molar-refractivity contribution in [1.29, 1.82) is 0 Å². The van der Waals surface area contributed by atoms with Crippen LogP contribution in [0, 0.1) is 0 Å². The summed E-state index contributed by atoms with van der Waals surface area (Å²) in [4.78, 5) is 0. The Morgan fingerprint density at radius 1 is 1.14 bits per heavy atom. The van der Waals surface area contributed by atoms with E-state index in [9.17, 15) is 5.11 Å². The normalized spacial score (nSPS) is 13.4. The lowest BCUT2D eigenvalue weighted by molar-refractivity contribution is 0.00536. The van der Waals surface area contributed by atoms with Gasteiger partial charge in [-0.1, -0.05) is 36.4 Å². The average Bonchev–Trinajstić information content (AvgIpc) is 2.47. The van der Waals surface area contributed by atoms with Crippen LogP contribution in [-0.2, 0) is 4.74 Å². The smallest absolute Gasteiger partial charge is 0.132 e. The monoisotopic (exact) mass is 288 g/mol. The lowest BCUT2D eigenvalue weighted by atomic mass is 10.0. The van der Waals surface area contributed by atoms with Crippen molar-refractivity contribution in [2.24, 2.45) is 0 Å². The van der Waals surface area contributed by atoms with Crippen LogP contribution in [0.1, 0.15) is 38.9 Å². The van der Waals surface area contributed by atoms with Gasteiger partial charge in [0.2, 0.25) is 0 Å². The zero-order valence-corrected chi connectivity index (χ0v) is 13.2. The van der Waals surface area contributed by atoms with E-state index in [0.717, 1.165) is 28.5 Å². The molecule has 3 heteroatoms. The molecule has 0 spiro atoms. The molecule has 0 saturated carbocycles. The minimum atomic E-state index is -0.556. The van der Waals surface area contributed by atoms with E-state index in [-0.39, 0.29) is 5.60 Å². The van der Waals surface area contributed by atoms with Gasteiger partial charge in [0.05, 0.1) is 18.3 Å². The van der Waals surface area contributed by atoms with Gasteiger partial charge in [0, 0.05) is 24.5 Å². The van der Waals surface area contributed by atoms with E-state index in [1.165, 1.54) is 0 Å². The highest BCUT2D eigenvalue weighted by molar-refractivity contribution is 5.89. The average molecular weight is 288 g/mol. The molecule has 0 amide bonds. The molecule has 2 aromatic carbocycles. The van der Waals surface area contributed by atoms with Crippen molar-refractivity contribution < 1.29 is 14.6 Å². The lowest BCUT2D eigenvalue weighted by Gasteiger charge is -2.23. The van der Waals surface area contributed by atoms with Crippen LogP contribution >= 0.6 is 0 Å². The standard InChI is InChI=1S/C18H24O3/c1-13(19)15-10-9-14-7-5-6-8-16(14)17(15)21-12-11-18(2,3)20-4/h5-10,13,19H,11-12H2,1-4H3/t13-/m1/s1. The molecule has 3 nitrogen and oxygen atoms in total. The number of aliphatic hydroxyl groups is 1. The summed E-state index contributed by atoms with van der Waals surface area (Å²) < 4.78 is 11.4. The van der Waals surface area contributed by atoms with Crippen molar-refractivity contribution in [2.45, 2.75) is 38.9 Å². The molecule has 114 valence electrons. The third kappa shape index (κ3) is 3.74. The maximum Gasteiger partial charge on any atom is 0.132 e. The lowest BCUT2D eigenvalue weighted by Crippen LogP contribution is -2.25. The molecule has 0 aliphatic rings. The quantitative estimate of drug-likeness (QED) is 0.870. The van der Waals surface area contributed by atoms with E-state index >= 15 is 0 Å². The molecule has 0 fully saturated rings. The van der Waals surface area contributed by atoms with E-state index in [0.29, 0.717) is 6.61 Å². The number of fused-ring (bicyclic) bond motifs is 1. The zero-order chi connectivity index (χ0) is 15.5. The number of benzene rings is 2. The number of rotatable bonds is 6. The maximum atomic E-state index is 9.96. The Morgan fingerprint density at radius 3 is 2.52 bits per heavy atom. The highest BCUT2D eigenvalue weighted by Crippen LogP contribution is 2.34. The fourth-order valence-electron chi connectivity index (χ4n) is 2.25. The van der Waals surface area contributed by atoms with Crippen LogP contribution in [0.2, 0.25) is 0 Å². The minimum Gasteiger partial charge on any atom is -0.492 e. The number of ether oxygens (including phenoxy) is 2. The van der Waals surface area contributed by atoms with Crippen molar-refractivity contribution in [3.05, 3.63) is 42.0 Å². The molecule has 0 saturated heterocycles. The van der Waals surface area contributed by atoms with E-state index in [1.807, 2.05) is 50.2 Å². The summed E-state index contributed by atoms with van der Waals surface area (Å²) >= 11 is 0. The summed E-state index contributed by atoms with van der Waals surface area (Å²) in [6, 6.07) is 12.0. The predicted octanol–water partition coefficient (Wildman–Crippen LogP) is 4.09. The van der Waals surface area contributed by atoms with Crippen molar-refractivity contribution in [3.63, 3.8) is 0 Å². The molecule has 0 aromatic heterocycles. The Morgan fingerprint density at radius 2 is 1.86 bits per heavy atom. The highest BCUT2D eigenvalue weighted by atomic mass is 16.5. The molecule has 0 unspecified atom stereocenters. The van der Waals surface area contributed by atoms with Crippen LogP contribution in [-0.4, -0.2) is 24.4 Å². The first kappa shape index (κ1) is 15.8. The Hall–Kier alpha value is -1.58. The van der Waals surface area contributed by atoms with E-state index in [4.69, 9.17) is 9.47 Å². The fourth-order valence-corrected chi connectivity index (χ4v) is 2.25. The summed E-state index contributed by atoms with van der Waals surface area (Å²) in [7, 11) is 1.71. The second-order valence-electron chi connectivity index (χ2n) is 5.94. The topological polar surface area (TPSA) is 38.7 Å². The van der Waals surface area contributed by atoms with Gasteiger partial charge in [-0.2, -0.15) is 0 Å². The van der Waals surface area contributed by atoms with Gasteiger partial charge < -0.3 is 14.6 Å². The maximum absolute atomic E-state index is 9.96. The summed E-state index contributed by atoms with van der Waals surface area (Å²) in [5.41, 5.74) is 0.610. The first-order valence-electron chi connectivity index (χ1n) is 7.32. The van der Waals surface area contributed by atoms with E-state index in [2.05, 4.69) is 0 Å². The molecule has 0 aliphatic heterocycles. The van der Waals surface area contributed by atoms with Crippen molar-refractivity contribution in [3.8, 4) is 5.75 Å². The molecule has 2 aromatic rings. The molecule has 2 rings (SSSR count). The first-order valence-corrected chi connectivity index (χ1v) is 7.32. The molecule has 1 atom stereocenters. The number of hydrogen-bond donors (Lipinski definition) is 1. The van der Waals surface area contributed by atoms with Gasteiger partial charge >= 0.3 is 0 Å². The fraction of sp³-hybridized carbons (Fsp3) is 0.444. The van der Waals surface area contributed by atoms with Gasteiger partial charge in [0.15, 0.2) is 0 Å². The van der Waals surface area contributed by atoms with Gasteiger partial charge in [-0.3, -0.25) is 0 Å². The van der Waals surface area contributed by atoms with Crippen molar-refractivity contribution in [2.75, 3.05) is 13.7 Å². The molecular weight excluding hydrogens is 264 g/mol. The van der Waals surface area contributed by atoms with Crippen LogP contribution in [0.3, 0.4) is 0 Å². The Labute approximate surface area is 126 Å². The molecule has 21 heavy (non-hydrogen) atoms. The molecule has 0 radical (unpaired) electrons. The van der Waals surface area contributed by atoms with Gasteiger partial charge in [-0.15, -0.1) is 0 Å². The molecule has 1 N–H and O–H groups in total. The van der Waals surface area contributed by atoms with Gasteiger partial charge in [-0.05, 0) is 26.2 Å². The van der Waals surface area contributed by atoms with Crippen molar-refractivity contribution in [1.82, 2.24) is 0 Å². The predicted molar refractivity (Wildman–Crippen MR) is 85.8 cm³/mol. The summed E-state index contributed by atoms with van der Waals surface area (Å²) in [5, 5.41) is 12.1. The minimum absolute atomic E-state index is 0.213. The summed E-state index contributed by atoms with van der Waals surface area (Å²) in [6.45, 7) is 6.38. The second-order valence-corrected chi connectivity index (χ2v) is 5.94. The Bertz CT molecular complexity index is 602. The first-order chi connectivity index (χ1) is 9.94. The van der Waals surface area contributed by atoms with Crippen LogP contribution in [0.25, 0.3) is 10.8 Å². The van der Waals surface area contributed by atoms with Crippen LogP contribution in [0.5, 0.6) is 5.75 Å². The summed E-state index contributed by atoms with van der Waals surface area (Å²) in [6.07, 6.45) is 0.228. The van der Waals surface area contributed by atoms with Gasteiger partial charge in [0.25, 0.3) is 0 Å². The van der Waals surface area contributed by atoms with Crippen LogP contribution in [0.4, 0.5) is 0 Å². The van der Waals surface area contributed by atoms with E-state index < -0.39 is 6.10 Å². The number of methoxy groups -OCH3 is 1. The van der Waals surface area contributed by atoms with E-state index in [1.54, 1.807) is 14.0 Å². The number of aliphatic hydroxyl groups excluding tert-OH is 1. The third-order valence-electron chi connectivity index (χ3n) is 3.86. The molecule has 0 aliphatic carbocycles. The summed E-state index contributed by atoms with van der Waals surface area (Å²) in [5.74, 6) is 0.773. The molecular formula is C18H24O3. The SMILES string of the molecule is COC(C)(C)CCOc1c([C@@H](C)O)ccc2ccccc12. The largest absolute Gasteiger partial charge is 0.492 e. The zero-order valence-electron chi connectivity index (χ0n) is 13.2. The number of hydrogen-bond acceptors (Lipinski definition) is 3. The second kappa shape index (κ2) is 6.46. The van der Waals surface area contributed by atoms with Gasteiger partial charge in [-0.25, -0.2) is 0 Å². The van der Waals surface area contributed by atoms with Crippen molar-refractivity contribution >= 4 is 10.8 Å². The van der Waals surface area contributed by atoms with Gasteiger partial charge in [0.1, 0.15) is 5.75 Å². The molecule has 0 heterocycles. The van der Waals surface area contributed by atoms with Crippen LogP contribution < -0.4 is 4.74 Å². The third-order valence-corrected chi connectivity index (χ3v) is 3.86. The molecule has 0 bridgehead atoms. The highest BCUT2D eigenvalue weighted by Gasteiger charge is 2.18. The Balaban J connectivity index is 2.29. The van der Waals surface area contributed by atoms with Crippen LogP contribution in [0.15, 0.2) is 36.4 Å².